The van der Waals surface area contributed by atoms with Crippen LogP contribution in [0.4, 0.5) is 5.82 Å². The highest BCUT2D eigenvalue weighted by Crippen LogP contribution is 2.16. The van der Waals surface area contributed by atoms with E-state index in [9.17, 15) is 0 Å². The lowest BCUT2D eigenvalue weighted by Crippen LogP contribution is -2.32. The third-order valence-corrected chi connectivity index (χ3v) is 2.52. The van der Waals surface area contributed by atoms with Gasteiger partial charge >= 0.3 is 0 Å². The van der Waals surface area contributed by atoms with Crippen molar-refractivity contribution >= 4 is 5.82 Å². The molecule has 0 aliphatic carbocycles. The summed E-state index contributed by atoms with van der Waals surface area (Å²) in [6.45, 7) is 3.36. The third kappa shape index (κ3) is 4.30. The molecule has 0 radical (unpaired) electrons. The molecule has 17 heavy (non-hydrogen) atoms. The van der Waals surface area contributed by atoms with Gasteiger partial charge in [-0.2, -0.15) is 0 Å². The van der Waals surface area contributed by atoms with Crippen molar-refractivity contribution in [2.45, 2.75) is 6.54 Å². The monoisotopic (exact) mass is 239 g/mol. The zero-order valence-corrected chi connectivity index (χ0v) is 10.6. The summed E-state index contributed by atoms with van der Waals surface area (Å²) in [5, 5.41) is 0. The van der Waals surface area contributed by atoms with Crippen LogP contribution in [0.5, 0.6) is 0 Å². The molecule has 1 aromatic rings. The quantitative estimate of drug-likeness (QED) is 0.721. The summed E-state index contributed by atoms with van der Waals surface area (Å²) in [6, 6.07) is 3.89. The van der Waals surface area contributed by atoms with Crippen LogP contribution in [0, 0.1) is 0 Å². The van der Waals surface area contributed by atoms with Crippen LogP contribution in [0.1, 0.15) is 5.56 Å². The van der Waals surface area contributed by atoms with Crippen LogP contribution in [0.25, 0.3) is 0 Å². The molecule has 0 amide bonds. The van der Waals surface area contributed by atoms with E-state index >= 15 is 0 Å². The van der Waals surface area contributed by atoms with E-state index in [4.69, 9.17) is 15.2 Å². The van der Waals surface area contributed by atoms with E-state index in [0.717, 1.165) is 24.5 Å². The standard InChI is InChI=1S/C12H21N3O2/c1-16-8-6-15(7-9-17-2)12-11(10-13)4-3-5-14-12/h3-5H,6-10,13H2,1-2H3. The number of hydrogen-bond donors (Lipinski definition) is 1. The van der Waals surface area contributed by atoms with Crippen molar-refractivity contribution in [1.29, 1.82) is 0 Å². The van der Waals surface area contributed by atoms with E-state index in [1.54, 1.807) is 20.4 Å². The molecule has 0 aliphatic heterocycles. The second kappa shape index (κ2) is 8.00. The fraction of sp³-hybridized carbons (Fsp3) is 0.583. The third-order valence-electron chi connectivity index (χ3n) is 2.52. The Labute approximate surface area is 103 Å². The van der Waals surface area contributed by atoms with Crippen molar-refractivity contribution in [3.8, 4) is 0 Å². The first-order valence-electron chi connectivity index (χ1n) is 5.70. The lowest BCUT2D eigenvalue weighted by atomic mass is 10.2. The van der Waals surface area contributed by atoms with Crippen LogP contribution in [-0.4, -0.2) is 45.5 Å². The fourth-order valence-corrected chi connectivity index (χ4v) is 1.60. The van der Waals surface area contributed by atoms with Gasteiger partial charge in [0.2, 0.25) is 0 Å². The molecule has 1 aromatic heterocycles. The summed E-state index contributed by atoms with van der Waals surface area (Å²) < 4.78 is 10.2. The Kier molecular flexibility index (Phi) is 6.54. The highest BCUT2D eigenvalue weighted by molar-refractivity contribution is 5.46. The van der Waals surface area contributed by atoms with E-state index in [1.807, 2.05) is 12.1 Å². The topological polar surface area (TPSA) is 60.6 Å². The number of hydrogen-bond acceptors (Lipinski definition) is 5. The van der Waals surface area contributed by atoms with E-state index < -0.39 is 0 Å². The first-order valence-corrected chi connectivity index (χ1v) is 5.70. The van der Waals surface area contributed by atoms with Crippen molar-refractivity contribution in [2.75, 3.05) is 45.4 Å². The zero-order chi connectivity index (χ0) is 12.5. The van der Waals surface area contributed by atoms with Crippen LogP contribution >= 0.6 is 0 Å². The smallest absolute Gasteiger partial charge is 0.133 e. The van der Waals surface area contributed by atoms with Gasteiger partial charge in [-0.15, -0.1) is 0 Å². The van der Waals surface area contributed by atoms with Crippen LogP contribution in [0.15, 0.2) is 18.3 Å². The van der Waals surface area contributed by atoms with Gasteiger partial charge in [0.15, 0.2) is 0 Å². The van der Waals surface area contributed by atoms with Gasteiger partial charge < -0.3 is 20.1 Å². The summed E-state index contributed by atoms with van der Waals surface area (Å²) in [4.78, 5) is 6.52. The van der Waals surface area contributed by atoms with Gasteiger partial charge in [0.05, 0.1) is 13.2 Å². The van der Waals surface area contributed by atoms with Gasteiger partial charge in [0, 0.05) is 45.6 Å². The molecule has 0 saturated heterocycles. The Morgan fingerprint density at radius 3 is 2.41 bits per heavy atom. The Morgan fingerprint density at radius 1 is 1.24 bits per heavy atom. The summed E-state index contributed by atoms with van der Waals surface area (Å²) in [5.41, 5.74) is 6.76. The largest absolute Gasteiger partial charge is 0.383 e. The van der Waals surface area contributed by atoms with Crippen molar-refractivity contribution in [3.05, 3.63) is 23.9 Å². The van der Waals surface area contributed by atoms with E-state index in [-0.39, 0.29) is 0 Å². The van der Waals surface area contributed by atoms with E-state index in [2.05, 4.69) is 9.88 Å². The van der Waals surface area contributed by atoms with Crippen molar-refractivity contribution < 1.29 is 9.47 Å². The normalized spacial score (nSPS) is 10.5. The number of methoxy groups -OCH3 is 2. The van der Waals surface area contributed by atoms with Crippen molar-refractivity contribution in [1.82, 2.24) is 4.98 Å². The van der Waals surface area contributed by atoms with Gasteiger partial charge in [-0.3, -0.25) is 0 Å². The Hall–Kier alpha value is -1.17. The maximum absolute atomic E-state index is 5.72. The summed E-state index contributed by atoms with van der Waals surface area (Å²) in [5.74, 6) is 0.920. The second-order valence-electron chi connectivity index (χ2n) is 3.66. The molecule has 0 aromatic carbocycles. The SMILES string of the molecule is COCCN(CCOC)c1ncccc1CN. The number of nitrogens with zero attached hydrogens (tertiary/aromatic N) is 2. The average Bonchev–Trinajstić information content (AvgIpc) is 2.39. The number of nitrogens with two attached hydrogens (primary N) is 1. The fourth-order valence-electron chi connectivity index (χ4n) is 1.60. The molecule has 2 N–H and O–H groups in total. The zero-order valence-electron chi connectivity index (χ0n) is 10.6. The molecular formula is C12H21N3O2. The number of ether oxygens (including phenoxy) is 2. The summed E-state index contributed by atoms with van der Waals surface area (Å²) in [7, 11) is 3.38. The van der Waals surface area contributed by atoms with E-state index in [1.165, 1.54) is 0 Å². The van der Waals surface area contributed by atoms with Gasteiger partial charge in [-0.1, -0.05) is 6.07 Å². The van der Waals surface area contributed by atoms with Crippen molar-refractivity contribution in [2.24, 2.45) is 5.73 Å². The molecule has 0 bridgehead atoms. The van der Waals surface area contributed by atoms with Gasteiger partial charge in [-0.25, -0.2) is 4.98 Å². The second-order valence-corrected chi connectivity index (χ2v) is 3.66. The van der Waals surface area contributed by atoms with Crippen LogP contribution in [-0.2, 0) is 16.0 Å². The molecule has 1 heterocycles. The maximum Gasteiger partial charge on any atom is 0.133 e. The average molecular weight is 239 g/mol. The minimum absolute atomic E-state index is 0.486. The molecule has 0 aliphatic rings. The van der Waals surface area contributed by atoms with E-state index in [0.29, 0.717) is 19.8 Å². The molecule has 1 rings (SSSR count). The molecule has 0 spiro atoms. The van der Waals surface area contributed by atoms with Gasteiger partial charge in [-0.05, 0) is 6.07 Å². The minimum Gasteiger partial charge on any atom is -0.383 e. The molecule has 96 valence electrons. The highest BCUT2D eigenvalue weighted by atomic mass is 16.5. The number of anilines is 1. The predicted octanol–water partition coefficient (Wildman–Crippen LogP) is 0.639. The lowest BCUT2D eigenvalue weighted by Gasteiger charge is -2.25. The predicted molar refractivity (Wildman–Crippen MR) is 68.1 cm³/mol. The molecule has 5 heteroatoms. The first-order chi connectivity index (χ1) is 8.33. The van der Waals surface area contributed by atoms with Gasteiger partial charge in [0.25, 0.3) is 0 Å². The highest BCUT2D eigenvalue weighted by Gasteiger charge is 2.11. The minimum atomic E-state index is 0.486. The summed E-state index contributed by atoms with van der Waals surface area (Å²) >= 11 is 0. The summed E-state index contributed by atoms with van der Waals surface area (Å²) in [6.07, 6.45) is 1.78. The molecule has 0 saturated carbocycles. The Balaban J connectivity index is 2.78. The molecule has 0 atom stereocenters. The Bertz CT molecular complexity index is 312. The number of pyridine rings is 1. The number of rotatable bonds is 8. The van der Waals surface area contributed by atoms with Gasteiger partial charge in [0.1, 0.15) is 5.82 Å². The first kappa shape index (κ1) is 13.9. The van der Waals surface area contributed by atoms with Crippen molar-refractivity contribution in [3.63, 3.8) is 0 Å². The molecule has 0 fully saturated rings. The maximum atomic E-state index is 5.72. The number of aromatic nitrogens is 1. The van der Waals surface area contributed by atoms with Crippen LogP contribution in [0.2, 0.25) is 0 Å². The molecule has 0 unspecified atom stereocenters. The Morgan fingerprint density at radius 2 is 1.88 bits per heavy atom. The molecule has 5 nitrogen and oxygen atoms in total. The molecular weight excluding hydrogens is 218 g/mol. The van der Waals surface area contributed by atoms with Crippen LogP contribution < -0.4 is 10.6 Å². The van der Waals surface area contributed by atoms with Crippen LogP contribution in [0.3, 0.4) is 0 Å². The lowest BCUT2D eigenvalue weighted by molar-refractivity contribution is 0.190.